The molecule has 2 bridgehead atoms. The number of halogens is 8. The van der Waals surface area contributed by atoms with Crippen molar-refractivity contribution >= 4 is 10.1 Å². The van der Waals surface area contributed by atoms with Crippen LogP contribution in [0.4, 0.5) is 35.1 Å². The highest BCUT2D eigenvalue weighted by molar-refractivity contribution is 7.87. The van der Waals surface area contributed by atoms with Crippen molar-refractivity contribution in [3.05, 3.63) is 12.2 Å². The zero-order valence-electron chi connectivity index (χ0n) is 10.4. The monoisotopic (exact) mass is 360 g/mol. The molecule has 0 aliphatic heterocycles. The largest absolute Gasteiger partial charge is 0.523 e. The van der Waals surface area contributed by atoms with Crippen LogP contribution in [0.5, 0.6) is 0 Å². The molecule has 128 valence electrons. The van der Waals surface area contributed by atoms with Crippen molar-refractivity contribution in [3.8, 4) is 0 Å². The molecule has 0 aromatic rings. The molecule has 3 nitrogen and oxygen atoms in total. The van der Waals surface area contributed by atoms with Gasteiger partial charge in [-0.15, -0.1) is 0 Å². The summed E-state index contributed by atoms with van der Waals surface area (Å²) in [4.78, 5) is 0. The highest BCUT2D eigenvalue weighted by atomic mass is 32.2. The van der Waals surface area contributed by atoms with Crippen molar-refractivity contribution in [2.75, 3.05) is 0 Å². The average molecular weight is 360 g/mol. The second-order valence-corrected chi connectivity index (χ2v) is 6.56. The second kappa shape index (κ2) is 4.56. The summed E-state index contributed by atoms with van der Waals surface area (Å²) < 4.78 is 128. The van der Waals surface area contributed by atoms with Crippen LogP contribution in [0.2, 0.25) is 0 Å². The third-order valence-electron chi connectivity index (χ3n) is 3.84. The zero-order chi connectivity index (χ0) is 17.2. The molecule has 2 aliphatic carbocycles. The van der Waals surface area contributed by atoms with Crippen LogP contribution in [-0.4, -0.2) is 31.6 Å². The van der Waals surface area contributed by atoms with E-state index in [0.717, 1.165) is 12.2 Å². The fourth-order valence-electron chi connectivity index (χ4n) is 2.90. The van der Waals surface area contributed by atoms with Gasteiger partial charge in [0, 0.05) is 11.8 Å². The van der Waals surface area contributed by atoms with E-state index in [1.54, 1.807) is 0 Å². The molecule has 0 heterocycles. The fourth-order valence-corrected chi connectivity index (χ4v) is 3.71. The van der Waals surface area contributed by atoms with Gasteiger partial charge < -0.3 is 0 Å². The Labute approximate surface area is 119 Å². The van der Waals surface area contributed by atoms with Crippen molar-refractivity contribution in [1.82, 2.24) is 0 Å². The molecule has 1 fully saturated rings. The quantitative estimate of drug-likeness (QED) is 0.335. The molecule has 12 heteroatoms. The van der Waals surface area contributed by atoms with Crippen LogP contribution in [-0.2, 0) is 14.3 Å². The van der Waals surface area contributed by atoms with Crippen LogP contribution in [0.15, 0.2) is 12.2 Å². The number of hydrogen-bond donors (Lipinski definition) is 0. The summed E-state index contributed by atoms with van der Waals surface area (Å²) in [5, 5.41) is 0. The van der Waals surface area contributed by atoms with Crippen LogP contribution in [0, 0.1) is 11.8 Å². The summed E-state index contributed by atoms with van der Waals surface area (Å²) in [7, 11) is -6.63. The third kappa shape index (κ3) is 2.14. The van der Waals surface area contributed by atoms with Crippen LogP contribution < -0.4 is 0 Å². The molecule has 0 radical (unpaired) electrons. The van der Waals surface area contributed by atoms with Crippen LogP contribution in [0.1, 0.15) is 12.8 Å². The molecular formula is C10H8F8O3S. The van der Waals surface area contributed by atoms with Gasteiger partial charge in [-0.25, -0.2) is 4.18 Å². The van der Waals surface area contributed by atoms with E-state index >= 15 is 0 Å². The van der Waals surface area contributed by atoms with E-state index in [-0.39, 0.29) is 12.8 Å². The summed E-state index contributed by atoms with van der Waals surface area (Å²) >= 11 is 0. The molecule has 0 amide bonds. The van der Waals surface area contributed by atoms with E-state index in [0.29, 0.717) is 0 Å². The topological polar surface area (TPSA) is 43.4 Å². The van der Waals surface area contributed by atoms with Gasteiger partial charge in [0.1, 0.15) is 0 Å². The number of rotatable bonds is 3. The summed E-state index contributed by atoms with van der Waals surface area (Å²) in [6.07, 6.45) is -5.26. The molecule has 0 aromatic carbocycles. The first-order chi connectivity index (χ1) is 9.67. The molecule has 0 N–H and O–H groups in total. The molecule has 0 saturated heterocycles. The Balaban J connectivity index is 2.57. The Bertz CT molecular complexity index is 574. The second-order valence-electron chi connectivity index (χ2n) is 5.02. The van der Waals surface area contributed by atoms with Gasteiger partial charge in [-0.3, -0.25) is 0 Å². The van der Waals surface area contributed by atoms with Gasteiger partial charge in [-0.2, -0.15) is 43.5 Å². The van der Waals surface area contributed by atoms with E-state index in [1.807, 2.05) is 0 Å². The van der Waals surface area contributed by atoms with Gasteiger partial charge in [0.2, 0.25) is 0 Å². The highest BCUT2D eigenvalue weighted by Gasteiger charge is 2.79. The van der Waals surface area contributed by atoms with Crippen molar-refractivity contribution < 1.29 is 47.7 Å². The standard InChI is InChI=1S/C10H8F8O3S/c11-8(12,9(13,14)15)7(5-1-2-6(7)4-3-5)21-22(19,20)10(16,17)18/h1-2,5-6H,3-4H2/t5-,6+,7?. The minimum absolute atomic E-state index is 0.333. The lowest BCUT2D eigenvalue weighted by Gasteiger charge is -2.40. The Morgan fingerprint density at radius 3 is 1.59 bits per heavy atom. The van der Waals surface area contributed by atoms with Crippen molar-refractivity contribution in [2.45, 2.75) is 36.0 Å². The number of alkyl halides is 8. The predicted molar refractivity (Wildman–Crippen MR) is 55.1 cm³/mol. The Morgan fingerprint density at radius 1 is 0.909 bits per heavy atom. The lowest BCUT2D eigenvalue weighted by atomic mass is 9.83. The third-order valence-corrected chi connectivity index (χ3v) is 4.91. The fraction of sp³-hybridized carbons (Fsp3) is 0.800. The van der Waals surface area contributed by atoms with Crippen LogP contribution in [0.3, 0.4) is 0 Å². The molecule has 1 unspecified atom stereocenters. The molecule has 2 aliphatic rings. The van der Waals surface area contributed by atoms with Crippen molar-refractivity contribution in [3.63, 3.8) is 0 Å². The van der Waals surface area contributed by atoms with Gasteiger partial charge in [0.05, 0.1) is 0 Å². The molecule has 1 saturated carbocycles. The highest BCUT2D eigenvalue weighted by Crippen LogP contribution is 2.62. The minimum Gasteiger partial charge on any atom is -0.248 e. The SMILES string of the molecule is O=S(=O)(OC1(C(F)(F)C(F)(F)F)[C@@H]2C=C[C@H]1CC2)C(F)(F)F. The lowest BCUT2D eigenvalue weighted by Crippen LogP contribution is -2.63. The minimum atomic E-state index is -6.63. The summed E-state index contributed by atoms with van der Waals surface area (Å²) in [6.45, 7) is 0. The smallest absolute Gasteiger partial charge is 0.248 e. The van der Waals surface area contributed by atoms with Gasteiger partial charge in [0.25, 0.3) is 0 Å². The first kappa shape index (κ1) is 17.4. The van der Waals surface area contributed by atoms with Gasteiger partial charge in [-0.1, -0.05) is 12.2 Å². The summed E-state index contributed by atoms with van der Waals surface area (Å²) in [5.41, 5.74) is -9.94. The molecule has 2 rings (SSSR count). The van der Waals surface area contributed by atoms with E-state index in [2.05, 4.69) is 4.18 Å². The molecular weight excluding hydrogens is 352 g/mol. The van der Waals surface area contributed by atoms with Crippen molar-refractivity contribution in [2.24, 2.45) is 11.8 Å². The first-order valence-electron chi connectivity index (χ1n) is 5.81. The maximum Gasteiger partial charge on any atom is 0.523 e. The first-order valence-corrected chi connectivity index (χ1v) is 7.22. The maximum atomic E-state index is 13.8. The summed E-state index contributed by atoms with van der Waals surface area (Å²) in [6, 6.07) is 0. The molecule has 0 aromatic heterocycles. The molecule has 22 heavy (non-hydrogen) atoms. The van der Waals surface area contributed by atoms with E-state index in [9.17, 15) is 43.5 Å². The normalized spacial score (nSPS) is 32.7. The van der Waals surface area contributed by atoms with Gasteiger partial charge in [0.15, 0.2) is 5.60 Å². The lowest BCUT2D eigenvalue weighted by molar-refractivity contribution is -0.343. The van der Waals surface area contributed by atoms with Crippen LogP contribution in [0.25, 0.3) is 0 Å². The average Bonchev–Trinajstić information content (AvgIpc) is 2.82. The number of hydrogen-bond acceptors (Lipinski definition) is 3. The Morgan fingerprint density at radius 2 is 1.32 bits per heavy atom. The Kier molecular flexibility index (Phi) is 3.61. The number of fused-ring (bicyclic) bond motifs is 2. The van der Waals surface area contributed by atoms with E-state index in [1.165, 1.54) is 0 Å². The van der Waals surface area contributed by atoms with E-state index in [4.69, 9.17) is 0 Å². The Hall–Kier alpha value is -0.910. The van der Waals surface area contributed by atoms with Gasteiger partial charge >= 0.3 is 27.7 Å². The van der Waals surface area contributed by atoms with Crippen LogP contribution >= 0.6 is 0 Å². The molecule has 0 spiro atoms. The molecule has 3 atom stereocenters. The zero-order valence-corrected chi connectivity index (χ0v) is 11.2. The van der Waals surface area contributed by atoms with Crippen molar-refractivity contribution in [1.29, 1.82) is 0 Å². The van der Waals surface area contributed by atoms with Gasteiger partial charge in [-0.05, 0) is 12.8 Å². The predicted octanol–water partition coefficient (Wildman–Crippen LogP) is 3.39. The van der Waals surface area contributed by atoms with E-state index < -0.39 is 45.2 Å². The summed E-state index contributed by atoms with van der Waals surface area (Å²) in [5.74, 6) is -9.34. The maximum absolute atomic E-state index is 13.8.